The van der Waals surface area contributed by atoms with Crippen LogP contribution in [-0.4, -0.2) is 37.1 Å². The largest absolute Gasteiger partial charge is 0.314 e. The third-order valence-corrected chi connectivity index (χ3v) is 5.25. The highest BCUT2D eigenvalue weighted by atomic mass is 15.1. The number of hydrogen-bond acceptors (Lipinski definition) is 2. The normalized spacial score (nSPS) is 26.6. The van der Waals surface area contributed by atoms with Crippen molar-refractivity contribution in [3.05, 3.63) is 0 Å². The fourth-order valence-electron chi connectivity index (χ4n) is 3.39. The first-order chi connectivity index (χ1) is 9.36. The van der Waals surface area contributed by atoms with Gasteiger partial charge in [-0.05, 0) is 51.1 Å². The van der Waals surface area contributed by atoms with Crippen LogP contribution in [0, 0.1) is 11.3 Å². The van der Waals surface area contributed by atoms with E-state index >= 15 is 0 Å². The molecule has 3 atom stereocenters. The lowest BCUT2D eigenvalue weighted by molar-refractivity contribution is 0.110. The molecule has 20 heavy (non-hydrogen) atoms. The van der Waals surface area contributed by atoms with Gasteiger partial charge in [-0.2, -0.15) is 0 Å². The lowest BCUT2D eigenvalue weighted by atomic mass is 9.85. The molecule has 0 saturated heterocycles. The third-order valence-electron chi connectivity index (χ3n) is 5.25. The van der Waals surface area contributed by atoms with Gasteiger partial charge in [-0.3, -0.25) is 0 Å². The number of nitrogens with zero attached hydrogens (tertiary/aromatic N) is 1. The van der Waals surface area contributed by atoms with Gasteiger partial charge in [0.1, 0.15) is 0 Å². The van der Waals surface area contributed by atoms with E-state index in [4.69, 9.17) is 0 Å². The Labute approximate surface area is 127 Å². The summed E-state index contributed by atoms with van der Waals surface area (Å²) in [5.74, 6) is 0.832. The predicted octanol–water partition coefficient (Wildman–Crippen LogP) is 4.30. The highest BCUT2D eigenvalue weighted by molar-refractivity contribution is 4.85. The Morgan fingerprint density at radius 1 is 1.15 bits per heavy atom. The zero-order valence-corrected chi connectivity index (χ0v) is 14.8. The maximum Gasteiger partial charge on any atom is 0.0112 e. The molecular weight excluding hydrogens is 244 g/mol. The Morgan fingerprint density at radius 3 is 2.40 bits per heavy atom. The van der Waals surface area contributed by atoms with Crippen molar-refractivity contribution in [3.63, 3.8) is 0 Å². The first-order valence-electron chi connectivity index (χ1n) is 8.80. The summed E-state index contributed by atoms with van der Waals surface area (Å²) in [6.07, 6.45) is 8.30. The van der Waals surface area contributed by atoms with Crippen molar-refractivity contribution in [2.75, 3.05) is 20.1 Å². The number of rotatable bonds is 6. The fourth-order valence-corrected chi connectivity index (χ4v) is 3.39. The van der Waals surface area contributed by atoms with Gasteiger partial charge in [-0.25, -0.2) is 0 Å². The van der Waals surface area contributed by atoms with Crippen LogP contribution in [0.25, 0.3) is 0 Å². The minimum absolute atomic E-state index is 0.367. The fraction of sp³-hybridized carbons (Fsp3) is 1.00. The van der Waals surface area contributed by atoms with E-state index in [2.05, 4.69) is 51.9 Å². The van der Waals surface area contributed by atoms with Crippen molar-refractivity contribution < 1.29 is 0 Å². The minimum Gasteiger partial charge on any atom is -0.314 e. The van der Waals surface area contributed by atoms with Crippen LogP contribution in [0.4, 0.5) is 0 Å². The molecule has 0 radical (unpaired) electrons. The Kier molecular flexibility index (Phi) is 7.53. The first kappa shape index (κ1) is 18.0. The van der Waals surface area contributed by atoms with E-state index in [9.17, 15) is 0 Å². The van der Waals surface area contributed by atoms with Crippen LogP contribution < -0.4 is 5.32 Å². The summed E-state index contributed by atoms with van der Waals surface area (Å²) >= 11 is 0. The van der Waals surface area contributed by atoms with E-state index in [0.717, 1.165) is 12.0 Å². The van der Waals surface area contributed by atoms with Crippen LogP contribution in [0.1, 0.15) is 73.1 Å². The molecule has 120 valence electrons. The predicted molar refractivity (Wildman–Crippen MR) is 90.2 cm³/mol. The molecule has 2 heteroatoms. The smallest absolute Gasteiger partial charge is 0.0112 e. The van der Waals surface area contributed by atoms with Gasteiger partial charge in [0.15, 0.2) is 0 Å². The second-order valence-electron chi connectivity index (χ2n) is 7.94. The standard InChI is InChI=1S/C18H38N2/c1-7-13-19-17-12-10-8-9-11-16(17)14-20(6)15(2)18(3,4)5/h15-17,19H,7-14H2,1-6H3. The van der Waals surface area contributed by atoms with Crippen molar-refractivity contribution >= 4 is 0 Å². The minimum atomic E-state index is 0.367. The molecule has 0 bridgehead atoms. The summed E-state index contributed by atoms with van der Waals surface area (Å²) in [5.41, 5.74) is 0.367. The molecule has 2 nitrogen and oxygen atoms in total. The monoisotopic (exact) mass is 282 g/mol. The Bertz CT molecular complexity index is 257. The summed E-state index contributed by atoms with van der Waals surface area (Å²) in [7, 11) is 2.32. The van der Waals surface area contributed by atoms with E-state index in [1.165, 1.54) is 51.6 Å². The average molecular weight is 283 g/mol. The van der Waals surface area contributed by atoms with Gasteiger partial charge in [0.25, 0.3) is 0 Å². The number of hydrogen-bond donors (Lipinski definition) is 1. The molecule has 1 fully saturated rings. The quantitative estimate of drug-likeness (QED) is 0.731. The lowest BCUT2D eigenvalue weighted by Gasteiger charge is -2.39. The second-order valence-corrected chi connectivity index (χ2v) is 7.94. The van der Waals surface area contributed by atoms with E-state index in [1.54, 1.807) is 0 Å². The van der Waals surface area contributed by atoms with Crippen LogP contribution in [-0.2, 0) is 0 Å². The molecule has 0 amide bonds. The van der Waals surface area contributed by atoms with E-state index in [0.29, 0.717) is 11.5 Å². The molecule has 1 N–H and O–H groups in total. The summed E-state index contributed by atoms with van der Waals surface area (Å²) < 4.78 is 0. The average Bonchev–Trinajstić information content (AvgIpc) is 2.59. The molecule has 0 aliphatic heterocycles. The van der Waals surface area contributed by atoms with Crippen LogP contribution in [0.2, 0.25) is 0 Å². The van der Waals surface area contributed by atoms with Gasteiger partial charge in [0.05, 0.1) is 0 Å². The van der Waals surface area contributed by atoms with Crippen molar-refractivity contribution in [1.29, 1.82) is 0 Å². The Hall–Kier alpha value is -0.0800. The van der Waals surface area contributed by atoms with Crippen LogP contribution >= 0.6 is 0 Å². The molecule has 1 aliphatic rings. The van der Waals surface area contributed by atoms with Gasteiger partial charge in [0, 0.05) is 18.6 Å². The molecule has 0 aromatic rings. The van der Waals surface area contributed by atoms with Crippen LogP contribution in [0.15, 0.2) is 0 Å². The van der Waals surface area contributed by atoms with E-state index in [1.807, 2.05) is 0 Å². The van der Waals surface area contributed by atoms with Gasteiger partial charge in [0.2, 0.25) is 0 Å². The molecule has 0 spiro atoms. The van der Waals surface area contributed by atoms with Gasteiger partial charge < -0.3 is 10.2 Å². The van der Waals surface area contributed by atoms with E-state index in [-0.39, 0.29) is 0 Å². The van der Waals surface area contributed by atoms with Crippen LogP contribution in [0.5, 0.6) is 0 Å². The summed E-state index contributed by atoms with van der Waals surface area (Å²) in [4.78, 5) is 2.59. The SMILES string of the molecule is CCCNC1CCCCCC1CN(C)C(C)C(C)(C)C. The van der Waals surface area contributed by atoms with Crippen molar-refractivity contribution in [2.24, 2.45) is 11.3 Å². The third kappa shape index (κ3) is 5.73. The molecule has 0 aromatic carbocycles. The summed E-state index contributed by atoms with van der Waals surface area (Å²) in [6, 6.07) is 1.38. The Balaban J connectivity index is 2.59. The zero-order chi connectivity index (χ0) is 15.2. The maximum atomic E-state index is 3.82. The van der Waals surface area contributed by atoms with Gasteiger partial charge in [-0.1, -0.05) is 47.0 Å². The highest BCUT2D eigenvalue weighted by Gasteiger charge is 2.29. The lowest BCUT2D eigenvalue weighted by Crippen LogP contribution is -2.46. The topological polar surface area (TPSA) is 15.3 Å². The molecule has 3 unspecified atom stereocenters. The molecule has 1 saturated carbocycles. The number of nitrogens with one attached hydrogen (secondary N) is 1. The Morgan fingerprint density at radius 2 is 1.80 bits per heavy atom. The summed E-state index contributed by atoms with van der Waals surface area (Å²) in [6.45, 7) is 14.1. The van der Waals surface area contributed by atoms with Crippen molar-refractivity contribution in [1.82, 2.24) is 10.2 Å². The highest BCUT2D eigenvalue weighted by Crippen LogP contribution is 2.28. The van der Waals surface area contributed by atoms with Crippen molar-refractivity contribution in [3.8, 4) is 0 Å². The molecule has 1 aliphatic carbocycles. The zero-order valence-electron chi connectivity index (χ0n) is 14.8. The molecule has 0 heterocycles. The maximum absolute atomic E-state index is 3.82. The van der Waals surface area contributed by atoms with Gasteiger partial charge in [-0.15, -0.1) is 0 Å². The molecule has 1 rings (SSSR count). The second kappa shape index (κ2) is 8.38. The van der Waals surface area contributed by atoms with Crippen molar-refractivity contribution in [2.45, 2.75) is 85.2 Å². The summed E-state index contributed by atoms with van der Waals surface area (Å²) in [5, 5.41) is 3.82. The molecular formula is C18H38N2. The van der Waals surface area contributed by atoms with Crippen LogP contribution in [0.3, 0.4) is 0 Å². The first-order valence-corrected chi connectivity index (χ1v) is 8.80. The van der Waals surface area contributed by atoms with E-state index < -0.39 is 0 Å². The molecule has 0 aromatic heterocycles. The van der Waals surface area contributed by atoms with Gasteiger partial charge >= 0.3 is 0 Å².